The van der Waals surface area contributed by atoms with E-state index in [-0.39, 0.29) is 0 Å². The van der Waals surface area contributed by atoms with Gasteiger partial charge in [0.1, 0.15) is 34.1 Å². The summed E-state index contributed by atoms with van der Waals surface area (Å²) in [5.41, 5.74) is 9.38. The normalized spacial score (nSPS) is 13.6. The third-order valence-corrected chi connectivity index (χ3v) is 13.4. The van der Waals surface area contributed by atoms with Gasteiger partial charge in [-0.1, -0.05) is 146 Å². The molecule has 12 rings (SSSR count). The Kier molecular flexibility index (Phi) is 9.01. The average molecular weight is 817 g/mol. The zero-order valence-corrected chi connectivity index (χ0v) is 35.3. The van der Waals surface area contributed by atoms with Crippen LogP contribution in [-0.2, 0) is 0 Å². The van der Waals surface area contributed by atoms with Crippen molar-refractivity contribution in [3.05, 3.63) is 267 Å². The van der Waals surface area contributed by atoms with Crippen molar-refractivity contribution in [1.29, 1.82) is 0 Å². The highest BCUT2D eigenvalue weighted by Crippen LogP contribution is 2.57. The molecule has 0 N–H and O–H groups in total. The van der Waals surface area contributed by atoms with E-state index in [9.17, 15) is 0 Å². The molecule has 0 amide bonds. The molecule has 300 valence electrons. The van der Waals surface area contributed by atoms with Crippen LogP contribution in [0.3, 0.4) is 0 Å². The molecule has 12 aromatic carbocycles. The fourth-order valence-electron chi connectivity index (χ4n) is 10.4. The number of benzene rings is 12. The number of rotatable bonds is 8. The van der Waals surface area contributed by atoms with E-state index in [0.29, 0.717) is 8.97 Å². The summed E-state index contributed by atoms with van der Waals surface area (Å²) in [6.45, 7) is 0. The van der Waals surface area contributed by atoms with Gasteiger partial charge >= 0.3 is 0 Å². The molecule has 12 aromatic rings. The van der Waals surface area contributed by atoms with Crippen molar-refractivity contribution in [1.82, 2.24) is 8.97 Å². The van der Waals surface area contributed by atoms with Gasteiger partial charge in [-0.25, -0.2) is 0 Å². The van der Waals surface area contributed by atoms with Gasteiger partial charge in [0.05, 0.1) is 0 Å². The van der Waals surface area contributed by atoms with E-state index in [2.05, 4.69) is 267 Å². The Labute approximate surface area is 373 Å². The third kappa shape index (κ3) is 5.89. The quantitative estimate of drug-likeness (QED) is 0.134. The van der Waals surface area contributed by atoms with Crippen molar-refractivity contribution in [3.63, 3.8) is 0 Å². The lowest BCUT2D eigenvalue weighted by atomic mass is 9.97. The predicted molar refractivity (Wildman–Crippen MR) is 274 cm³/mol. The van der Waals surface area contributed by atoms with E-state index in [4.69, 9.17) is 0 Å². The van der Waals surface area contributed by atoms with Crippen molar-refractivity contribution in [2.45, 2.75) is 0 Å². The van der Waals surface area contributed by atoms with E-state index < -0.39 is 0 Å². The van der Waals surface area contributed by atoms with Gasteiger partial charge in [-0.15, -0.1) is 0 Å². The summed E-state index contributed by atoms with van der Waals surface area (Å²) < 4.78 is 0.809. The molecule has 0 aliphatic carbocycles. The first kappa shape index (κ1) is 37.6. The second-order valence-electron chi connectivity index (χ2n) is 16.8. The summed E-state index contributed by atoms with van der Waals surface area (Å²) in [5, 5.41) is 12.1. The van der Waals surface area contributed by atoms with Crippen LogP contribution in [-0.4, -0.2) is 0 Å². The highest BCUT2D eigenvalue weighted by molar-refractivity contribution is 6.04. The summed E-state index contributed by atoms with van der Waals surface area (Å²) in [4.78, 5) is 0. The van der Waals surface area contributed by atoms with E-state index in [0.717, 1.165) is 22.7 Å². The molecule has 0 spiro atoms. The van der Waals surface area contributed by atoms with Crippen LogP contribution < -0.4 is 8.97 Å². The average Bonchev–Trinajstić information content (AvgIpc) is 3.37. The maximum Gasteiger partial charge on any atom is 0.156 e. The second kappa shape index (κ2) is 15.3. The number of fused-ring (bicyclic) bond motifs is 5. The summed E-state index contributed by atoms with van der Waals surface area (Å²) in [6.07, 6.45) is 0. The molecule has 2 heteroatoms. The summed E-state index contributed by atoms with van der Waals surface area (Å²) in [5.74, 6) is 0. The van der Waals surface area contributed by atoms with E-state index >= 15 is 0 Å². The lowest BCUT2D eigenvalue weighted by Gasteiger charge is -2.38. The van der Waals surface area contributed by atoms with E-state index in [1.54, 1.807) is 0 Å². The minimum atomic E-state index is 0.405. The Morgan fingerprint density at radius 1 is 0.172 bits per heavy atom. The van der Waals surface area contributed by atoms with Crippen molar-refractivity contribution in [3.8, 4) is 0 Å². The molecule has 2 unspecified atom stereocenters. The fourth-order valence-corrected chi connectivity index (χ4v) is 10.4. The molecule has 0 saturated heterocycles. The zero-order valence-electron chi connectivity index (χ0n) is 35.3. The summed E-state index contributed by atoms with van der Waals surface area (Å²) in [7, 11) is 0. The molecular weight excluding hydrogens is 773 g/mol. The van der Waals surface area contributed by atoms with Gasteiger partial charge in [0, 0.05) is 95.7 Å². The molecular formula is C62H44N2+2. The van der Waals surface area contributed by atoms with Crippen molar-refractivity contribution >= 4 is 99.4 Å². The molecule has 64 heavy (non-hydrogen) atoms. The number of hydrogen-bond acceptors (Lipinski definition) is 0. The van der Waals surface area contributed by atoms with Crippen LogP contribution in [0.2, 0.25) is 0 Å². The van der Waals surface area contributed by atoms with Crippen molar-refractivity contribution < 1.29 is 0 Å². The van der Waals surface area contributed by atoms with Crippen molar-refractivity contribution in [2.75, 3.05) is 0 Å². The van der Waals surface area contributed by atoms with Gasteiger partial charge in [-0.3, -0.25) is 0 Å². The molecule has 0 bridgehead atoms. The molecule has 2 nitrogen and oxygen atoms in total. The van der Waals surface area contributed by atoms with Crippen LogP contribution in [0.4, 0.5) is 45.5 Å². The molecule has 0 saturated carbocycles. The smallest absolute Gasteiger partial charge is 0.156 e. The molecule has 0 radical (unpaired) electrons. The van der Waals surface area contributed by atoms with Crippen LogP contribution in [0.15, 0.2) is 267 Å². The first-order valence-electron chi connectivity index (χ1n) is 22.1. The van der Waals surface area contributed by atoms with Crippen LogP contribution in [0.5, 0.6) is 0 Å². The topological polar surface area (TPSA) is 0 Å². The lowest BCUT2D eigenvalue weighted by Crippen LogP contribution is -2.33. The number of quaternary nitrogens is 2. The zero-order chi connectivity index (χ0) is 42.5. The highest BCUT2D eigenvalue weighted by Gasteiger charge is 2.43. The SMILES string of the molecule is c1ccc([N+](c2ccc3ccccc3c2)(c2ccc3cc([N+](c4ccccc4)(c4ccc5ccccc5c4)c4cccc5ccccc45)ccc3c2)c2cccc3ccccc23)cc1. The van der Waals surface area contributed by atoms with E-state index in [1.807, 2.05) is 0 Å². The lowest BCUT2D eigenvalue weighted by molar-refractivity contribution is 0.709. The van der Waals surface area contributed by atoms with Crippen molar-refractivity contribution in [2.24, 2.45) is 0 Å². The minimum absolute atomic E-state index is 0.405. The Bertz CT molecular complexity index is 3430. The van der Waals surface area contributed by atoms with Crippen LogP contribution in [0.1, 0.15) is 0 Å². The Balaban J connectivity index is 1.15. The molecule has 0 aliphatic heterocycles. The first-order chi connectivity index (χ1) is 31.7. The molecule has 0 aromatic heterocycles. The minimum Gasteiger partial charge on any atom is -0.194 e. The molecule has 0 fully saturated rings. The van der Waals surface area contributed by atoms with Crippen LogP contribution >= 0.6 is 0 Å². The Hall–Kier alpha value is -8.14. The number of hydrogen-bond donors (Lipinski definition) is 0. The van der Waals surface area contributed by atoms with Crippen LogP contribution in [0, 0.1) is 0 Å². The third-order valence-electron chi connectivity index (χ3n) is 13.4. The second-order valence-corrected chi connectivity index (χ2v) is 16.8. The number of para-hydroxylation sites is 2. The maximum atomic E-state index is 2.42. The predicted octanol–water partition coefficient (Wildman–Crippen LogP) is 18.1. The van der Waals surface area contributed by atoms with Gasteiger partial charge < -0.3 is 0 Å². The number of nitrogens with zero attached hydrogens (tertiary/aromatic N) is 2. The summed E-state index contributed by atoms with van der Waals surface area (Å²) in [6, 6.07) is 98.8. The van der Waals surface area contributed by atoms with E-state index in [1.165, 1.54) is 76.6 Å². The Morgan fingerprint density at radius 3 is 0.844 bits per heavy atom. The molecule has 2 atom stereocenters. The standard InChI is InChI=1S/C62H44N2/c1-3-25-53(26-4-1)63(55-37-33-45-17-7-9-21-49(45)41-55,61-31-15-23-47-19-11-13-29-59(47)61)57-39-35-52-44-58(40-36-51(52)43-57)64(54-27-5-2-6-28-54,56-38-34-46-18-8-10-22-50(46)42-56)62-32-16-24-48-20-12-14-30-60(48)62/h1-44H/q+2. The summed E-state index contributed by atoms with van der Waals surface area (Å²) >= 11 is 0. The van der Waals surface area contributed by atoms with Crippen LogP contribution in [0.25, 0.3) is 53.9 Å². The van der Waals surface area contributed by atoms with Gasteiger partial charge in [-0.05, 0) is 79.5 Å². The van der Waals surface area contributed by atoms with Gasteiger partial charge in [0.25, 0.3) is 0 Å². The largest absolute Gasteiger partial charge is 0.194 e. The van der Waals surface area contributed by atoms with Gasteiger partial charge in [0.15, 0.2) is 11.4 Å². The highest BCUT2D eigenvalue weighted by atomic mass is 15.4. The molecule has 0 heterocycles. The monoisotopic (exact) mass is 816 g/mol. The maximum absolute atomic E-state index is 2.42. The first-order valence-corrected chi connectivity index (χ1v) is 22.1. The van der Waals surface area contributed by atoms with Gasteiger partial charge in [0.2, 0.25) is 0 Å². The fraction of sp³-hybridized carbons (Fsp3) is 0. The Morgan fingerprint density at radius 2 is 0.453 bits per heavy atom. The van der Waals surface area contributed by atoms with Gasteiger partial charge in [-0.2, -0.15) is 8.97 Å². The molecule has 0 aliphatic rings.